The van der Waals surface area contributed by atoms with Gasteiger partial charge in [0.25, 0.3) is 0 Å². The Morgan fingerprint density at radius 3 is 2.40 bits per heavy atom. The third kappa shape index (κ3) is 5.92. The van der Waals surface area contributed by atoms with Crippen LogP contribution in [0.4, 0.5) is 16.2 Å². The summed E-state index contributed by atoms with van der Waals surface area (Å²) in [5.74, 6) is 2.31. The van der Waals surface area contributed by atoms with Gasteiger partial charge in [-0.15, -0.1) is 0 Å². The molecular weight excluding hydrogens is 394 g/mol. The number of amides is 2. The minimum Gasteiger partial charge on any atom is -0.387 e. The Balaban J connectivity index is 1.52. The summed E-state index contributed by atoms with van der Waals surface area (Å²) in [4.78, 5) is 14.7. The largest absolute Gasteiger partial charge is 0.387 e. The van der Waals surface area contributed by atoms with Crippen molar-refractivity contribution in [2.75, 3.05) is 41.4 Å². The van der Waals surface area contributed by atoms with E-state index in [0.717, 1.165) is 41.4 Å². The molecule has 0 aromatic heterocycles. The summed E-state index contributed by atoms with van der Waals surface area (Å²) in [5.41, 5.74) is 5.22. The zero-order chi connectivity index (χ0) is 21.7. The molecule has 0 aliphatic carbocycles. The van der Waals surface area contributed by atoms with E-state index < -0.39 is 6.10 Å². The number of thioether (sulfide) groups is 1. The fourth-order valence-electron chi connectivity index (χ4n) is 3.58. The highest BCUT2D eigenvalue weighted by molar-refractivity contribution is 7.99. The van der Waals surface area contributed by atoms with Crippen molar-refractivity contribution in [2.45, 2.75) is 39.2 Å². The number of rotatable bonds is 5. The summed E-state index contributed by atoms with van der Waals surface area (Å²) < 4.78 is 0. The molecule has 1 saturated heterocycles. The zero-order valence-corrected chi connectivity index (χ0v) is 19.2. The molecule has 2 aromatic carbocycles. The number of carbonyl (C=O) groups excluding carboxylic acids is 1. The number of nitrogens with zero attached hydrogens (tertiary/aromatic N) is 1. The minimum atomic E-state index is -0.745. The molecule has 0 spiro atoms. The van der Waals surface area contributed by atoms with E-state index in [9.17, 15) is 9.90 Å². The number of carbonyl (C=O) groups is 1. The monoisotopic (exact) mass is 427 g/mol. The Morgan fingerprint density at radius 1 is 1.13 bits per heavy atom. The first-order valence-electron chi connectivity index (χ1n) is 10.5. The third-order valence-electron chi connectivity index (χ3n) is 5.42. The van der Waals surface area contributed by atoms with Gasteiger partial charge in [-0.2, -0.15) is 11.8 Å². The number of aliphatic hydroxyl groups excluding tert-OH is 1. The van der Waals surface area contributed by atoms with E-state index in [1.807, 2.05) is 48.2 Å². The fraction of sp³-hybridized carbons (Fsp3) is 0.458. The van der Waals surface area contributed by atoms with E-state index in [2.05, 4.69) is 49.3 Å². The molecule has 3 rings (SSSR count). The van der Waals surface area contributed by atoms with Gasteiger partial charge in [0, 0.05) is 42.5 Å². The molecule has 1 fully saturated rings. The molecule has 2 amide bonds. The smallest absolute Gasteiger partial charge is 0.319 e. The zero-order valence-electron chi connectivity index (χ0n) is 18.4. The normalized spacial score (nSPS) is 15.6. The number of aryl methyl sites for hydroxylation is 1. The number of hydrogen-bond acceptors (Lipinski definition) is 4. The molecule has 1 aliphatic heterocycles. The molecule has 3 N–H and O–H groups in total. The molecule has 1 atom stereocenters. The third-order valence-corrected chi connectivity index (χ3v) is 6.37. The van der Waals surface area contributed by atoms with E-state index in [1.165, 1.54) is 11.3 Å². The first kappa shape index (κ1) is 22.5. The van der Waals surface area contributed by atoms with Crippen LogP contribution < -0.4 is 15.5 Å². The van der Waals surface area contributed by atoms with Crippen LogP contribution in [0.5, 0.6) is 0 Å². The van der Waals surface area contributed by atoms with Crippen molar-refractivity contribution in [1.29, 1.82) is 0 Å². The van der Waals surface area contributed by atoms with Crippen molar-refractivity contribution < 1.29 is 9.90 Å². The van der Waals surface area contributed by atoms with Crippen molar-refractivity contribution in [3.63, 3.8) is 0 Å². The van der Waals surface area contributed by atoms with Gasteiger partial charge in [-0.3, -0.25) is 0 Å². The summed E-state index contributed by atoms with van der Waals surface area (Å²) >= 11 is 1.99. The fourth-order valence-corrected chi connectivity index (χ4v) is 4.48. The van der Waals surface area contributed by atoms with Crippen molar-refractivity contribution in [1.82, 2.24) is 5.32 Å². The van der Waals surface area contributed by atoms with Gasteiger partial charge in [0.05, 0.1) is 6.10 Å². The van der Waals surface area contributed by atoms with E-state index in [4.69, 9.17) is 0 Å². The molecule has 2 aromatic rings. The topological polar surface area (TPSA) is 64.6 Å². The van der Waals surface area contributed by atoms with Gasteiger partial charge in [0.1, 0.15) is 0 Å². The van der Waals surface area contributed by atoms with Crippen LogP contribution in [-0.2, 0) is 5.41 Å². The maximum atomic E-state index is 12.3. The lowest BCUT2D eigenvalue weighted by Crippen LogP contribution is -2.33. The molecule has 6 heteroatoms. The van der Waals surface area contributed by atoms with E-state index in [1.54, 1.807) is 0 Å². The average molecular weight is 428 g/mol. The summed E-state index contributed by atoms with van der Waals surface area (Å²) in [6, 6.07) is 13.6. The highest BCUT2D eigenvalue weighted by Gasteiger charge is 2.16. The average Bonchev–Trinajstić information content (AvgIpc) is 2.72. The maximum Gasteiger partial charge on any atom is 0.319 e. The quantitative estimate of drug-likeness (QED) is 0.647. The van der Waals surface area contributed by atoms with Gasteiger partial charge in [-0.1, -0.05) is 45.0 Å². The Kier molecular flexibility index (Phi) is 7.32. The molecule has 0 radical (unpaired) electrons. The van der Waals surface area contributed by atoms with Gasteiger partial charge in [-0.25, -0.2) is 4.79 Å². The minimum absolute atomic E-state index is 0.0717. The van der Waals surface area contributed by atoms with Gasteiger partial charge < -0.3 is 20.6 Å². The predicted molar refractivity (Wildman–Crippen MR) is 128 cm³/mol. The van der Waals surface area contributed by atoms with E-state index >= 15 is 0 Å². The highest BCUT2D eigenvalue weighted by Crippen LogP contribution is 2.26. The number of aliphatic hydroxyl groups is 1. The second-order valence-corrected chi connectivity index (χ2v) is 10.0. The molecule has 30 heavy (non-hydrogen) atoms. The van der Waals surface area contributed by atoms with E-state index in [-0.39, 0.29) is 18.0 Å². The van der Waals surface area contributed by atoms with Crippen LogP contribution in [0.2, 0.25) is 0 Å². The van der Waals surface area contributed by atoms with E-state index in [0.29, 0.717) is 0 Å². The Hall–Kier alpha value is -2.18. The lowest BCUT2D eigenvalue weighted by Gasteiger charge is -2.30. The molecule has 1 aliphatic rings. The molecular formula is C24H33N3O2S. The molecule has 1 heterocycles. The Bertz CT molecular complexity index is 856. The van der Waals surface area contributed by atoms with Crippen LogP contribution in [0.25, 0.3) is 0 Å². The van der Waals surface area contributed by atoms with Gasteiger partial charge in [0.2, 0.25) is 0 Å². The van der Waals surface area contributed by atoms with Crippen LogP contribution in [0.1, 0.15) is 43.6 Å². The lowest BCUT2D eigenvalue weighted by atomic mass is 9.86. The van der Waals surface area contributed by atoms with Gasteiger partial charge >= 0.3 is 6.03 Å². The van der Waals surface area contributed by atoms with Crippen LogP contribution in [-0.4, -0.2) is 42.3 Å². The maximum absolute atomic E-state index is 12.3. The Morgan fingerprint density at radius 2 is 1.80 bits per heavy atom. The SMILES string of the molecule is Cc1cc(NC(=O)NCC(O)c2ccc(C(C)(C)C)cc2)ccc1N1CCSCC1. The summed E-state index contributed by atoms with van der Waals surface area (Å²) in [7, 11) is 0. The summed E-state index contributed by atoms with van der Waals surface area (Å²) in [5, 5.41) is 16.0. The second kappa shape index (κ2) is 9.75. The molecule has 5 nitrogen and oxygen atoms in total. The Labute approximate surface area is 184 Å². The van der Waals surface area contributed by atoms with Crippen LogP contribution >= 0.6 is 11.8 Å². The van der Waals surface area contributed by atoms with Crippen LogP contribution in [0, 0.1) is 6.92 Å². The number of urea groups is 1. The van der Waals surface area contributed by atoms with Gasteiger partial charge in [-0.05, 0) is 47.2 Å². The van der Waals surface area contributed by atoms with Gasteiger partial charge in [0.15, 0.2) is 0 Å². The van der Waals surface area contributed by atoms with Crippen molar-refractivity contribution >= 4 is 29.2 Å². The highest BCUT2D eigenvalue weighted by atomic mass is 32.2. The molecule has 162 valence electrons. The van der Waals surface area contributed by atoms with Crippen LogP contribution in [0.3, 0.4) is 0 Å². The predicted octanol–water partition coefficient (Wildman–Crippen LogP) is 4.70. The second-order valence-electron chi connectivity index (χ2n) is 8.82. The van der Waals surface area contributed by atoms with Crippen molar-refractivity contribution in [2.24, 2.45) is 0 Å². The molecule has 1 unspecified atom stereocenters. The summed E-state index contributed by atoms with van der Waals surface area (Å²) in [6.07, 6.45) is -0.745. The standard InChI is InChI=1S/C24H33N3O2S/c1-17-15-20(9-10-21(17)27-11-13-30-14-12-27)26-23(29)25-16-22(28)18-5-7-19(8-6-18)24(2,3)4/h5-10,15,22,28H,11-14,16H2,1-4H3,(H2,25,26,29). The van der Waals surface area contributed by atoms with Crippen molar-refractivity contribution in [3.05, 3.63) is 59.2 Å². The molecule has 0 saturated carbocycles. The number of benzene rings is 2. The van der Waals surface area contributed by atoms with Crippen molar-refractivity contribution in [3.8, 4) is 0 Å². The molecule has 0 bridgehead atoms. The number of hydrogen-bond donors (Lipinski definition) is 3. The number of nitrogens with one attached hydrogen (secondary N) is 2. The first-order chi connectivity index (χ1) is 14.2. The lowest BCUT2D eigenvalue weighted by molar-refractivity contribution is 0.175. The first-order valence-corrected chi connectivity index (χ1v) is 11.7. The summed E-state index contributed by atoms with van der Waals surface area (Å²) in [6.45, 7) is 10.8. The van der Waals surface area contributed by atoms with Crippen LogP contribution in [0.15, 0.2) is 42.5 Å². The number of anilines is 2.